The molecule has 1 atom stereocenters. The second kappa shape index (κ2) is 4.76. The number of hydrogen-bond donors (Lipinski definition) is 1. The summed E-state index contributed by atoms with van der Waals surface area (Å²) in [5.74, 6) is -0.261. The molecule has 0 aromatic heterocycles. The van der Waals surface area contributed by atoms with Crippen LogP contribution in [0.1, 0.15) is 17.2 Å². The minimum absolute atomic E-state index is 0.261. The van der Waals surface area contributed by atoms with Crippen LogP contribution in [0, 0.1) is 5.82 Å². The minimum Gasteiger partial charge on any atom is -0.320 e. The van der Waals surface area contributed by atoms with E-state index in [9.17, 15) is 4.39 Å². The first kappa shape index (κ1) is 11.3. The molecule has 2 aromatic rings. The van der Waals surface area contributed by atoms with Gasteiger partial charge >= 0.3 is 0 Å². The van der Waals surface area contributed by atoms with Gasteiger partial charge in [0.2, 0.25) is 0 Å². The van der Waals surface area contributed by atoms with E-state index in [1.54, 1.807) is 6.07 Å². The van der Waals surface area contributed by atoms with E-state index in [4.69, 9.17) is 5.73 Å². The molecule has 16 heavy (non-hydrogen) atoms. The van der Waals surface area contributed by atoms with Crippen LogP contribution < -0.4 is 5.73 Å². The molecule has 1 nitrogen and oxygen atoms in total. The molecule has 0 aliphatic carbocycles. The Morgan fingerprint density at radius 3 is 2.25 bits per heavy atom. The molecule has 0 aliphatic heterocycles. The smallest absolute Gasteiger partial charge is 0.123 e. The Hall–Kier alpha value is -1.19. The summed E-state index contributed by atoms with van der Waals surface area (Å²) < 4.78 is 14.0. The summed E-state index contributed by atoms with van der Waals surface area (Å²) in [6, 6.07) is 13.8. The third-order valence-electron chi connectivity index (χ3n) is 2.42. The summed E-state index contributed by atoms with van der Waals surface area (Å²) in [6.07, 6.45) is 0. The molecule has 0 amide bonds. The van der Waals surface area contributed by atoms with Crippen LogP contribution in [0.3, 0.4) is 0 Å². The minimum atomic E-state index is -0.298. The maximum absolute atomic E-state index is 13.1. The van der Waals surface area contributed by atoms with Crippen molar-refractivity contribution < 1.29 is 4.39 Å². The van der Waals surface area contributed by atoms with E-state index in [1.807, 2.05) is 30.3 Å². The molecular weight excluding hydrogens is 269 g/mol. The molecule has 0 bridgehead atoms. The third-order valence-corrected chi connectivity index (χ3v) is 2.91. The first-order valence-corrected chi connectivity index (χ1v) is 5.72. The van der Waals surface area contributed by atoms with Crippen molar-refractivity contribution in [1.82, 2.24) is 0 Å². The molecule has 2 rings (SSSR count). The Balaban J connectivity index is 2.35. The van der Waals surface area contributed by atoms with Crippen LogP contribution in [0.5, 0.6) is 0 Å². The number of rotatable bonds is 2. The highest BCUT2D eigenvalue weighted by molar-refractivity contribution is 9.10. The predicted molar refractivity (Wildman–Crippen MR) is 66.6 cm³/mol. The van der Waals surface area contributed by atoms with E-state index >= 15 is 0 Å². The summed E-state index contributed by atoms with van der Waals surface area (Å²) in [5, 5.41) is 0. The lowest BCUT2D eigenvalue weighted by atomic mass is 10.00. The zero-order valence-electron chi connectivity index (χ0n) is 8.53. The summed E-state index contributed by atoms with van der Waals surface area (Å²) in [5.41, 5.74) is 7.80. The van der Waals surface area contributed by atoms with Gasteiger partial charge in [-0.1, -0.05) is 40.2 Å². The van der Waals surface area contributed by atoms with Gasteiger partial charge in [-0.25, -0.2) is 4.39 Å². The van der Waals surface area contributed by atoms with Gasteiger partial charge in [0.15, 0.2) is 0 Å². The van der Waals surface area contributed by atoms with E-state index in [1.165, 1.54) is 12.1 Å². The van der Waals surface area contributed by atoms with Gasteiger partial charge in [-0.2, -0.15) is 0 Å². The van der Waals surface area contributed by atoms with Crippen molar-refractivity contribution in [2.75, 3.05) is 0 Å². The fourth-order valence-electron chi connectivity index (χ4n) is 1.59. The summed E-state index contributed by atoms with van der Waals surface area (Å²) in [7, 11) is 0. The Morgan fingerprint density at radius 1 is 1.00 bits per heavy atom. The maximum atomic E-state index is 13.1. The van der Waals surface area contributed by atoms with Gasteiger partial charge in [0.05, 0.1) is 6.04 Å². The van der Waals surface area contributed by atoms with Gasteiger partial charge in [-0.3, -0.25) is 0 Å². The second-order valence-corrected chi connectivity index (χ2v) is 4.50. The maximum Gasteiger partial charge on any atom is 0.123 e. The molecule has 2 N–H and O–H groups in total. The first-order chi connectivity index (χ1) is 7.66. The first-order valence-electron chi connectivity index (χ1n) is 4.93. The molecule has 0 aliphatic rings. The van der Waals surface area contributed by atoms with Crippen molar-refractivity contribution in [2.24, 2.45) is 5.73 Å². The average molecular weight is 280 g/mol. The van der Waals surface area contributed by atoms with Crippen LogP contribution in [-0.2, 0) is 0 Å². The van der Waals surface area contributed by atoms with E-state index < -0.39 is 0 Å². The number of hydrogen-bond acceptors (Lipinski definition) is 1. The molecule has 0 radical (unpaired) electrons. The summed E-state index contributed by atoms with van der Waals surface area (Å²) >= 11 is 3.39. The molecule has 0 heterocycles. The molecule has 0 saturated heterocycles. The standard InChI is InChI=1S/C13H11BrFN/c14-11-5-1-3-9(7-11)13(16)10-4-2-6-12(15)8-10/h1-8,13H,16H2. The lowest BCUT2D eigenvalue weighted by Crippen LogP contribution is -2.11. The molecule has 0 saturated carbocycles. The van der Waals surface area contributed by atoms with Gasteiger partial charge in [-0.05, 0) is 35.4 Å². The molecule has 3 heteroatoms. The topological polar surface area (TPSA) is 26.0 Å². The van der Waals surface area contributed by atoms with E-state index in [2.05, 4.69) is 15.9 Å². The van der Waals surface area contributed by atoms with Crippen LogP contribution in [0.15, 0.2) is 53.0 Å². The highest BCUT2D eigenvalue weighted by Gasteiger charge is 2.09. The van der Waals surface area contributed by atoms with Gasteiger partial charge in [0, 0.05) is 4.47 Å². The second-order valence-electron chi connectivity index (χ2n) is 3.59. The molecule has 82 valence electrons. The Labute approximate surface area is 102 Å². The van der Waals surface area contributed by atoms with Crippen LogP contribution in [0.4, 0.5) is 4.39 Å². The van der Waals surface area contributed by atoms with Crippen LogP contribution in [-0.4, -0.2) is 0 Å². The highest BCUT2D eigenvalue weighted by Crippen LogP contribution is 2.22. The number of halogens is 2. The van der Waals surface area contributed by atoms with Gasteiger partial charge < -0.3 is 5.73 Å². The average Bonchev–Trinajstić information content (AvgIpc) is 2.28. The van der Waals surface area contributed by atoms with E-state index in [0.717, 1.165) is 15.6 Å². The van der Waals surface area contributed by atoms with Crippen molar-refractivity contribution in [3.63, 3.8) is 0 Å². The highest BCUT2D eigenvalue weighted by atomic mass is 79.9. The van der Waals surface area contributed by atoms with Crippen LogP contribution in [0.2, 0.25) is 0 Å². The van der Waals surface area contributed by atoms with Gasteiger partial charge in [-0.15, -0.1) is 0 Å². The van der Waals surface area contributed by atoms with Crippen molar-refractivity contribution >= 4 is 15.9 Å². The lowest BCUT2D eigenvalue weighted by Gasteiger charge is -2.12. The fraction of sp³-hybridized carbons (Fsp3) is 0.0769. The van der Waals surface area contributed by atoms with Crippen LogP contribution >= 0.6 is 15.9 Å². The summed E-state index contributed by atoms with van der Waals surface area (Å²) in [6.45, 7) is 0. The lowest BCUT2D eigenvalue weighted by molar-refractivity contribution is 0.623. The SMILES string of the molecule is NC(c1cccc(F)c1)c1cccc(Br)c1. The third kappa shape index (κ3) is 2.49. The Morgan fingerprint density at radius 2 is 1.62 bits per heavy atom. The quantitative estimate of drug-likeness (QED) is 0.893. The van der Waals surface area contributed by atoms with Crippen molar-refractivity contribution in [3.8, 4) is 0 Å². The molecule has 1 unspecified atom stereocenters. The number of benzene rings is 2. The molecule has 0 fully saturated rings. The molecule has 0 spiro atoms. The van der Waals surface area contributed by atoms with E-state index in [0.29, 0.717) is 0 Å². The zero-order valence-corrected chi connectivity index (χ0v) is 10.1. The predicted octanol–water partition coefficient (Wildman–Crippen LogP) is 3.64. The van der Waals surface area contributed by atoms with Crippen molar-refractivity contribution in [3.05, 3.63) is 69.9 Å². The molecular formula is C13H11BrFN. The fourth-order valence-corrected chi connectivity index (χ4v) is 2.01. The van der Waals surface area contributed by atoms with E-state index in [-0.39, 0.29) is 11.9 Å². The summed E-state index contributed by atoms with van der Waals surface area (Å²) in [4.78, 5) is 0. The Kier molecular flexibility index (Phi) is 3.36. The van der Waals surface area contributed by atoms with Gasteiger partial charge in [0.1, 0.15) is 5.82 Å². The molecule has 2 aromatic carbocycles. The Bertz CT molecular complexity index is 453. The van der Waals surface area contributed by atoms with Gasteiger partial charge in [0.25, 0.3) is 0 Å². The largest absolute Gasteiger partial charge is 0.320 e. The van der Waals surface area contributed by atoms with Crippen molar-refractivity contribution in [1.29, 1.82) is 0 Å². The number of nitrogens with two attached hydrogens (primary N) is 1. The van der Waals surface area contributed by atoms with Crippen molar-refractivity contribution in [2.45, 2.75) is 6.04 Å². The normalized spacial score (nSPS) is 12.4. The van der Waals surface area contributed by atoms with Crippen LogP contribution in [0.25, 0.3) is 0 Å². The zero-order chi connectivity index (χ0) is 11.5. The monoisotopic (exact) mass is 279 g/mol.